The number of aromatic nitrogens is 2. The third kappa shape index (κ3) is 3.35. The maximum Gasteiger partial charge on any atom is 0.276 e. The number of anilines is 1. The van der Waals surface area contributed by atoms with E-state index in [-0.39, 0.29) is 5.91 Å². The Kier molecular flexibility index (Phi) is 4.27. The fourth-order valence-electron chi connectivity index (χ4n) is 4.08. The first-order valence-electron chi connectivity index (χ1n) is 10.1. The summed E-state index contributed by atoms with van der Waals surface area (Å²) >= 11 is 0. The van der Waals surface area contributed by atoms with Crippen LogP contribution in [0, 0.1) is 6.92 Å². The van der Waals surface area contributed by atoms with Gasteiger partial charge in [-0.05, 0) is 50.1 Å². The highest BCUT2D eigenvalue weighted by atomic mass is 16.7. The van der Waals surface area contributed by atoms with Gasteiger partial charge in [-0.1, -0.05) is 24.6 Å². The van der Waals surface area contributed by atoms with E-state index in [1.54, 1.807) is 10.7 Å². The fourth-order valence-corrected chi connectivity index (χ4v) is 4.08. The number of carbonyl (C=O) groups excluding carboxylic acids is 1. The lowest BCUT2D eigenvalue weighted by Gasteiger charge is -2.31. The van der Waals surface area contributed by atoms with Crippen molar-refractivity contribution in [1.82, 2.24) is 9.78 Å². The van der Waals surface area contributed by atoms with Crippen molar-refractivity contribution in [3.8, 4) is 17.2 Å². The van der Waals surface area contributed by atoms with E-state index in [9.17, 15) is 4.79 Å². The molecule has 1 amide bonds. The maximum absolute atomic E-state index is 12.7. The molecule has 1 aliphatic carbocycles. The number of rotatable bonds is 3. The lowest BCUT2D eigenvalue weighted by molar-refractivity contribution is -0.105. The minimum atomic E-state index is -0.519. The highest BCUT2D eigenvalue weighted by Crippen LogP contribution is 2.46. The second-order valence-corrected chi connectivity index (χ2v) is 7.71. The molecule has 1 fully saturated rings. The first-order valence-corrected chi connectivity index (χ1v) is 10.1. The van der Waals surface area contributed by atoms with E-state index < -0.39 is 5.79 Å². The van der Waals surface area contributed by atoms with Crippen molar-refractivity contribution in [3.63, 3.8) is 0 Å². The minimum Gasteiger partial charge on any atom is -0.448 e. The Labute approximate surface area is 169 Å². The van der Waals surface area contributed by atoms with Gasteiger partial charge in [0, 0.05) is 30.3 Å². The summed E-state index contributed by atoms with van der Waals surface area (Å²) in [7, 11) is 0. The van der Waals surface area contributed by atoms with Gasteiger partial charge in [0.05, 0.1) is 5.69 Å². The normalized spacial score (nSPS) is 16.7. The summed E-state index contributed by atoms with van der Waals surface area (Å²) < 4.78 is 14.0. The average Bonchev–Trinajstić information content (AvgIpc) is 3.29. The lowest BCUT2D eigenvalue weighted by atomic mass is 9.94. The number of aryl methyl sites for hydroxylation is 1. The van der Waals surface area contributed by atoms with Gasteiger partial charge in [0.15, 0.2) is 17.2 Å². The van der Waals surface area contributed by atoms with Gasteiger partial charge in [-0.15, -0.1) is 0 Å². The molecule has 0 saturated heterocycles. The SMILES string of the molecule is Cc1cc(C(=O)Nc2ccc3c(c2)OC2(CCCCC2)O3)nn1-c1ccccc1. The van der Waals surface area contributed by atoms with Gasteiger partial charge >= 0.3 is 0 Å². The van der Waals surface area contributed by atoms with E-state index in [4.69, 9.17) is 9.47 Å². The molecule has 0 unspecified atom stereocenters. The molecule has 1 aromatic heterocycles. The molecule has 0 radical (unpaired) electrons. The number of para-hydroxylation sites is 1. The predicted molar refractivity (Wildman–Crippen MR) is 110 cm³/mol. The Balaban J connectivity index is 1.33. The molecule has 1 spiro atoms. The van der Waals surface area contributed by atoms with Crippen molar-refractivity contribution in [2.24, 2.45) is 0 Å². The highest BCUT2D eigenvalue weighted by Gasteiger charge is 2.42. The summed E-state index contributed by atoms with van der Waals surface area (Å²) in [5.74, 6) is 0.660. The van der Waals surface area contributed by atoms with Crippen molar-refractivity contribution in [3.05, 3.63) is 66.0 Å². The maximum atomic E-state index is 12.7. The van der Waals surface area contributed by atoms with Crippen molar-refractivity contribution < 1.29 is 14.3 Å². The Morgan fingerprint density at radius 3 is 2.55 bits per heavy atom. The van der Waals surface area contributed by atoms with Gasteiger partial charge in [0.1, 0.15) is 0 Å². The molecule has 1 N–H and O–H groups in total. The number of amides is 1. The monoisotopic (exact) mass is 389 g/mol. The molecule has 1 saturated carbocycles. The summed E-state index contributed by atoms with van der Waals surface area (Å²) in [6.07, 6.45) is 5.25. The molecule has 6 nitrogen and oxygen atoms in total. The number of benzene rings is 2. The Morgan fingerprint density at radius 2 is 1.76 bits per heavy atom. The summed E-state index contributed by atoms with van der Waals surface area (Å²) in [4.78, 5) is 12.7. The predicted octanol–water partition coefficient (Wildman–Crippen LogP) is 4.86. The third-order valence-corrected chi connectivity index (χ3v) is 5.53. The van der Waals surface area contributed by atoms with Gasteiger partial charge in [-0.25, -0.2) is 4.68 Å². The second-order valence-electron chi connectivity index (χ2n) is 7.71. The van der Waals surface area contributed by atoms with Crippen molar-refractivity contribution in [2.45, 2.75) is 44.8 Å². The average molecular weight is 389 g/mol. The minimum absolute atomic E-state index is 0.256. The van der Waals surface area contributed by atoms with Crippen LogP contribution in [0.2, 0.25) is 0 Å². The number of hydrogen-bond acceptors (Lipinski definition) is 4. The van der Waals surface area contributed by atoms with Gasteiger partial charge in [-0.2, -0.15) is 5.10 Å². The molecule has 0 bridgehead atoms. The molecule has 29 heavy (non-hydrogen) atoms. The Bertz CT molecular complexity index is 1050. The van der Waals surface area contributed by atoms with Crippen LogP contribution in [0.15, 0.2) is 54.6 Å². The standard InChI is InChI=1S/C23H23N3O3/c1-16-14-19(25-26(16)18-8-4-2-5-9-18)22(27)24-17-10-11-20-21(15-17)29-23(28-20)12-6-3-7-13-23/h2,4-5,8-11,14-15H,3,6-7,12-13H2,1H3,(H,24,27). The summed E-state index contributed by atoms with van der Waals surface area (Å²) in [6, 6.07) is 17.1. The molecule has 2 aromatic carbocycles. The molecule has 148 valence electrons. The zero-order valence-electron chi connectivity index (χ0n) is 16.4. The Morgan fingerprint density at radius 1 is 1.00 bits per heavy atom. The molecule has 2 aliphatic rings. The highest BCUT2D eigenvalue weighted by molar-refractivity contribution is 6.03. The van der Waals surface area contributed by atoms with Crippen LogP contribution in [0.4, 0.5) is 5.69 Å². The van der Waals surface area contributed by atoms with Crippen LogP contribution < -0.4 is 14.8 Å². The van der Waals surface area contributed by atoms with E-state index in [0.29, 0.717) is 17.1 Å². The summed E-state index contributed by atoms with van der Waals surface area (Å²) in [5, 5.41) is 7.39. The second kappa shape index (κ2) is 6.95. The van der Waals surface area contributed by atoms with Crippen LogP contribution in [0.5, 0.6) is 11.5 Å². The van der Waals surface area contributed by atoms with E-state index in [1.165, 1.54) is 6.42 Å². The molecular weight excluding hydrogens is 366 g/mol. The zero-order valence-corrected chi connectivity index (χ0v) is 16.4. The van der Waals surface area contributed by atoms with E-state index in [2.05, 4.69) is 10.4 Å². The van der Waals surface area contributed by atoms with E-state index in [1.807, 2.05) is 55.5 Å². The molecule has 3 aromatic rings. The number of carbonyl (C=O) groups is 1. The van der Waals surface area contributed by atoms with Crippen molar-refractivity contribution in [2.75, 3.05) is 5.32 Å². The van der Waals surface area contributed by atoms with E-state index in [0.717, 1.165) is 42.8 Å². The molecule has 1 aliphatic heterocycles. The summed E-state index contributed by atoms with van der Waals surface area (Å²) in [6.45, 7) is 1.93. The number of hydrogen-bond donors (Lipinski definition) is 1. The quantitative estimate of drug-likeness (QED) is 0.694. The first-order chi connectivity index (χ1) is 14.1. The van der Waals surface area contributed by atoms with Crippen LogP contribution in [0.25, 0.3) is 5.69 Å². The summed E-state index contributed by atoms with van der Waals surface area (Å²) in [5.41, 5.74) is 2.85. The number of ether oxygens (including phenoxy) is 2. The van der Waals surface area contributed by atoms with Gasteiger partial charge < -0.3 is 14.8 Å². The fraction of sp³-hybridized carbons (Fsp3) is 0.304. The van der Waals surface area contributed by atoms with Crippen LogP contribution in [-0.2, 0) is 0 Å². The molecule has 6 heteroatoms. The van der Waals surface area contributed by atoms with Crippen molar-refractivity contribution in [1.29, 1.82) is 0 Å². The largest absolute Gasteiger partial charge is 0.448 e. The number of nitrogens with one attached hydrogen (secondary N) is 1. The van der Waals surface area contributed by atoms with Crippen LogP contribution in [0.1, 0.15) is 48.3 Å². The number of nitrogens with zero attached hydrogens (tertiary/aromatic N) is 2. The smallest absolute Gasteiger partial charge is 0.276 e. The molecular formula is C23H23N3O3. The van der Waals surface area contributed by atoms with Gasteiger partial charge in [-0.3, -0.25) is 4.79 Å². The van der Waals surface area contributed by atoms with Crippen LogP contribution in [-0.4, -0.2) is 21.5 Å². The lowest BCUT2D eigenvalue weighted by Crippen LogP contribution is -2.40. The molecule has 5 rings (SSSR count). The zero-order chi connectivity index (χ0) is 19.8. The molecule has 2 heterocycles. The van der Waals surface area contributed by atoms with Crippen LogP contribution >= 0.6 is 0 Å². The van der Waals surface area contributed by atoms with Gasteiger partial charge in [0.25, 0.3) is 11.7 Å². The van der Waals surface area contributed by atoms with Gasteiger partial charge in [0.2, 0.25) is 0 Å². The first kappa shape index (κ1) is 17.8. The topological polar surface area (TPSA) is 65.4 Å². The third-order valence-electron chi connectivity index (χ3n) is 5.53. The number of fused-ring (bicyclic) bond motifs is 1. The molecule has 0 atom stereocenters. The van der Waals surface area contributed by atoms with E-state index >= 15 is 0 Å². The van der Waals surface area contributed by atoms with Crippen molar-refractivity contribution >= 4 is 11.6 Å². The Hall–Kier alpha value is -3.28. The van der Waals surface area contributed by atoms with Crippen LogP contribution in [0.3, 0.4) is 0 Å².